The summed E-state index contributed by atoms with van der Waals surface area (Å²) in [6, 6.07) is 3.99. The lowest BCUT2D eigenvalue weighted by Crippen LogP contribution is -2.38. The molecule has 3 aromatic rings. The molecule has 0 spiro atoms. The van der Waals surface area contributed by atoms with Gasteiger partial charge in [-0.25, -0.2) is 0 Å². The minimum atomic E-state index is 0.0657. The van der Waals surface area contributed by atoms with E-state index >= 15 is 0 Å². The SMILES string of the molecule is CCc1cn[nH]c1C1CCN(C(=O)c2cn[nH]c2-c2cccs2)CC1. The van der Waals surface area contributed by atoms with E-state index in [1.165, 1.54) is 11.3 Å². The second-order valence-electron chi connectivity index (χ2n) is 6.36. The van der Waals surface area contributed by atoms with Crippen molar-refractivity contribution in [3.8, 4) is 10.6 Å². The van der Waals surface area contributed by atoms with Gasteiger partial charge in [-0.15, -0.1) is 11.3 Å². The Morgan fingerprint density at radius 3 is 2.80 bits per heavy atom. The van der Waals surface area contributed by atoms with Crippen LogP contribution in [0.5, 0.6) is 0 Å². The molecule has 1 aliphatic rings. The van der Waals surface area contributed by atoms with Crippen LogP contribution < -0.4 is 0 Å². The number of likely N-dealkylation sites (tertiary alicyclic amines) is 1. The van der Waals surface area contributed by atoms with Gasteiger partial charge in [0.15, 0.2) is 0 Å². The number of carbonyl (C=O) groups is 1. The molecule has 6 nitrogen and oxygen atoms in total. The number of nitrogens with zero attached hydrogens (tertiary/aromatic N) is 3. The largest absolute Gasteiger partial charge is 0.338 e. The summed E-state index contributed by atoms with van der Waals surface area (Å²) in [5.41, 5.74) is 4.03. The van der Waals surface area contributed by atoms with Crippen LogP contribution in [0.4, 0.5) is 0 Å². The van der Waals surface area contributed by atoms with Gasteiger partial charge in [0.05, 0.1) is 28.5 Å². The molecular weight excluding hydrogens is 334 g/mol. The molecule has 0 atom stereocenters. The van der Waals surface area contributed by atoms with E-state index in [-0.39, 0.29) is 5.91 Å². The molecule has 1 aliphatic heterocycles. The zero-order valence-corrected chi connectivity index (χ0v) is 15.0. The van der Waals surface area contributed by atoms with E-state index in [1.54, 1.807) is 17.5 Å². The third kappa shape index (κ3) is 3.00. The highest BCUT2D eigenvalue weighted by Crippen LogP contribution is 2.31. The molecule has 0 bridgehead atoms. The lowest BCUT2D eigenvalue weighted by Gasteiger charge is -2.32. The minimum Gasteiger partial charge on any atom is -0.338 e. The van der Waals surface area contributed by atoms with E-state index in [2.05, 4.69) is 27.3 Å². The fourth-order valence-electron chi connectivity index (χ4n) is 3.55. The Morgan fingerprint density at radius 1 is 1.28 bits per heavy atom. The van der Waals surface area contributed by atoms with Crippen LogP contribution in [0.3, 0.4) is 0 Å². The van der Waals surface area contributed by atoms with Gasteiger partial charge in [0, 0.05) is 24.7 Å². The van der Waals surface area contributed by atoms with Crippen molar-refractivity contribution in [1.29, 1.82) is 0 Å². The second-order valence-corrected chi connectivity index (χ2v) is 7.31. The molecule has 1 fully saturated rings. The molecule has 0 aliphatic carbocycles. The zero-order chi connectivity index (χ0) is 17.2. The number of piperidine rings is 1. The summed E-state index contributed by atoms with van der Waals surface area (Å²) in [5.74, 6) is 0.526. The molecular formula is C18H21N5OS. The summed E-state index contributed by atoms with van der Waals surface area (Å²) < 4.78 is 0. The van der Waals surface area contributed by atoms with Gasteiger partial charge < -0.3 is 4.90 Å². The first-order chi connectivity index (χ1) is 12.3. The fraction of sp³-hybridized carbons (Fsp3) is 0.389. The second kappa shape index (κ2) is 6.84. The highest BCUT2D eigenvalue weighted by atomic mass is 32.1. The summed E-state index contributed by atoms with van der Waals surface area (Å²) in [6.45, 7) is 3.68. The van der Waals surface area contributed by atoms with Crippen molar-refractivity contribution in [3.05, 3.63) is 46.7 Å². The Balaban J connectivity index is 1.47. The van der Waals surface area contributed by atoms with Gasteiger partial charge in [-0.3, -0.25) is 15.0 Å². The van der Waals surface area contributed by atoms with Crippen LogP contribution in [-0.4, -0.2) is 44.3 Å². The summed E-state index contributed by atoms with van der Waals surface area (Å²) in [6.07, 6.45) is 6.49. The average Bonchev–Trinajstić information content (AvgIpc) is 3.41. The molecule has 25 heavy (non-hydrogen) atoms. The summed E-state index contributed by atoms with van der Waals surface area (Å²) >= 11 is 1.61. The number of aryl methyl sites for hydroxylation is 1. The first-order valence-corrected chi connectivity index (χ1v) is 9.54. The Bertz CT molecular complexity index is 843. The third-order valence-electron chi connectivity index (χ3n) is 4.96. The Hall–Kier alpha value is -2.41. The standard InChI is InChI=1S/C18H21N5OS/c1-2-12-10-19-21-16(12)13-5-7-23(8-6-13)18(24)14-11-20-22-17(14)15-4-3-9-25-15/h3-4,9-11,13H,2,5-8H2,1H3,(H,19,21)(H,20,22). The predicted octanol–water partition coefficient (Wildman–Crippen LogP) is 3.44. The van der Waals surface area contributed by atoms with Crippen molar-refractivity contribution in [2.24, 2.45) is 0 Å². The summed E-state index contributed by atoms with van der Waals surface area (Å²) in [4.78, 5) is 15.9. The molecule has 1 amide bonds. The molecule has 4 rings (SSSR count). The first kappa shape index (κ1) is 16.1. The highest BCUT2D eigenvalue weighted by Gasteiger charge is 2.28. The van der Waals surface area contributed by atoms with E-state index < -0.39 is 0 Å². The minimum absolute atomic E-state index is 0.0657. The maximum absolute atomic E-state index is 12.9. The number of rotatable bonds is 4. The van der Waals surface area contributed by atoms with Crippen LogP contribution in [0.2, 0.25) is 0 Å². The molecule has 2 N–H and O–H groups in total. The number of hydrogen-bond acceptors (Lipinski definition) is 4. The van der Waals surface area contributed by atoms with E-state index in [9.17, 15) is 4.79 Å². The van der Waals surface area contributed by atoms with Crippen LogP contribution >= 0.6 is 11.3 Å². The lowest BCUT2D eigenvalue weighted by molar-refractivity contribution is 0.0713. The molecule has 130 valence electrons. The maximum Gasteiger partial charge on any atom is 0.257 e. The van der Waals surface area contributed by atoms with Crippen molar-refractivity contribution >= 4 is 17.2 Å². The monoisotopic (exact) mass is 355 g/mol. The normalized spacial score (nSPS) is 15.6. The van der Waals surface area contributed by atoms with Gasteiger partial charge in [-0.05, 0) is 36.3 Å². The first-order valence-electron chi connectivity index (χ1n) is 8.66. The average molecular weight is 355 g/mol. The van der Waals surface area contributed by atoms with Gasteiger partial charge in [-0.2, -0.15) is 10.2 Å². The van der Waals surface area contributed by atoms with Gasteiger partial charge in [-0.1, -0.05) is 13.0 Å². The van der Waals surface area contributed by atoms with Crippen molar-refractivity contribution in [3.63, 3.8) is 0 Å². The number of nitrogens with one attached hydrogen (secondary N) is 2. The number of hydrogen-bond donors (Lipinski definition) is 2. The topological polar surface area (TPSA) is 77.7 Å². The van der Waals surface area contributed by atoms with Crippen LogP contribution in [0, 0.1) is 0 Å². The number of amides is 1. The van der Waals surface area contributed by atoms with Crippen LogP contribution in [0.25, 0.3) is 10.6 Å². The number of aromatic amines is 2. The number of thiophene rings is 1. The Kier molecular flexibility index (Phi) is 4.40. The van der Waals surface area contributed by atoms with Gasteiger partial charge in [0.2, 0.25) is 0 Å². The van der Waals surface area contributed by atoms with E-state index in [1.807, 2.05) is 28.6 Å². The van der Waals surface area contributed by atoms with Crippen molar-refractivity contribution in [1.82, 2.24) is 25.3 Å². The van der Waals surface area contributed by atoms with Crippen molar-refractivity contribution < 1.29 is 4.79 Å². The van der Waals surface area contributed by atoms with Crippen molar-refractivity contribution in [2.75, 3.05) is 13.1 Å². The molecule has 4 heterocycles. The lowest BCUT2D eigenvalue weighted by atomic mass is 9.90. The van der Waals surface area contributed by atoms with Gasteiger partial charge in [0.1, 0.15) is 0 Å². The maximum atomic E-state index is 12.9. The molecule has 0 unspecified atom stereocenters. The fourth-order valence-corrected chi connectivity index (χ4v) is 4.29. The molecule has 0 radical (unpaired) electrons. The predicted molar refractivity (Wildman–Crippen MR) is 97.7 cm³/mol. The molecule has 3 aromatic heterocycles. The van der Waals surface area contributed by atoms with E-state index in [0.717, 1.165) is 42.9 Å². The molecule has 0 saturated carbocycles. The van der Waals surface area contributed by atoms with Crippen LogP contribution in [-0.2, 0) is 6.42 Å². The zero-order valence-electron chi connectivity index (χ0n) is 14.2. The van der Waals surface area contributed by atoms with Gasteiger partial charge in [0.25, 0.3) is 5.91 Å². The molecule has 1 saturated heterocycles. The number of carbonyl (C=O) groups excluding carboxylic acids is 1. The molecule has 7 heteroatoms. The Labute approximate surface area is 150 Å². The third-order valence-corrected chi connectivity index (χ3v) is 5.85. The number of H-pyrrole nitrogens is 2. The van der Waals surface area contributed by atoms with Crippen LogP contribution in [0.1, 0.15) is 47.3 Å². The van der Waals surface area contributed by atoms with E-state index in [4.69, 9.17) is 0 Å². The van der Waals surface area contributed by atoms with Crippen LogP contribution in [0.15, 0.2) is 29.9 Å². The van der Waals surface area contributed by atoms with E-state index in [0.29, 0.717) is 11.5 Å². The summed E-state index contributed by atoms with van der Waals surface area (Å²) in [5, 5.41) is 16.4. The Morgan fingerprint density at radius 2 is 2.08 bits per heavy atom. The summed E-state index contributed by atoms with van der Waals surface area (Å²) in [7, 11) is 0. The smallest absolute Gasteiger partial charge is 0.257 e. The van der Waals surface area contributed by atoms with Crippen molar-refractivity contribution in [2.45, 2.75) is 32.1 Å². The highest BCUT2D eigenvalue weighted by molar-refractivity contribution is 7.13. The quantitative estimate of drug-likeness (QED) is 0.752. The van der Waals surface area contributed by atoms with Gasteiger partial charge >= 0.3 is 0 Å². The molecule has 0 aromatic carbocycles. The number of aromatic nitrogens is 4.